The predicted octanol–water partition coefficient (Wildman–Crippen LogP) is 3.77. The second-order valence-electron chi connectivity index (χ2n) is 6.28. The summed E-state index contributed by atoms with van der Waals surface area (Å²) in [4.78, 5) is 20.7. The monoisotopic (exact) mass is 385 g/mol. The van der Waals surface area contributed by atoms with Crippen LogP contribution in [0.1, 0.15) is 22.8 Å². The Balaban J connectivity index is 1.66. The molecule has 0 unspecified atom stereocenters. The second kappa shape index (κ2) is 7.87. The summed E-state index contributed by atoms with van der Waals surface area (Å²) >= 11 is 1.24. The Bertz CT molecular complexity index is 982. The van der Waals surface area contributed by atoms with E-state index in [4.69, 9.17) is 0 Å². The Kier molecular flexibility index (Phi) is 5.55. The molecule has 6 nitrogen and oxygen atoms in total. The van der Waals surface area contributed by atoms with Crippen LogP contribution in [0.5, 0.6) is 0 Å². The number of aryl methyl sites for hydroxylation is 4. The largest absolute Gasteiger partial charge is 0.325 e. The molecule has 3 rings (SSSR count). The number of benzene rings is 1. The number of rotatable bonds is 5. The quantitative estimate of drug-likeness (QED) is 0.535. The molecule has 0 saturated heterocycles. The number of hydrogen-bond acceptors (Lipinski definition) is 5. The molecule has 8 heteroatoms. The molecular formula is C19H20FN5OS. The molecule has 1 aromatic carbocycles. The van der Waals surface area contributed by atoms with Crippen LogP contribution in [0.2, 0.25) is 0 Å². The number of hydrogen-bond donors (Lipinski definition) is 1. The van der Waals surface area contributed by atoms with Crippen LogP contribution < -0.4 is 5.32 Å². The summed E-state index contributed by atoms with van der Waals surface area (Å²) in [7, 11) is 0. The smallest absolute Gasteiger partial charge is 0.234 e. The summed E-state index contributed by atoms with van der Waals surface area (Å²) in [5.41, 5.74) is 4.10. The van der Waals surface area contributed by atoms with Crippen molar-refractivity contribution in [2.75, 3.05) is 11.1 Å². The van der Waals surface area contributed by atoms with Crippen LogP contribution >= 0.6 is 11.8 Å². The zero-order valence-electron chi connectivity index (χ0n) is 15.6. The van der Waals surface area contributed by atoms with Crippen LogP contribution in [0, 0.1) is 33.5 Å². The average molecular weight is 385 g/mol. The van der Waals surface area contributed by atoms with Gasteiger partial charge in [-0.05, 0) is 58.0 Å². The summed E-state index contributed by atoms with van der Waals surface area (Å²) in [5, 5.41) is 7.53. The lowest BCUT2D eigenvalue weighted by Crippen LogP contribution is -2.15. The molecule has 0 aliphatic carbocycles. The van der Waals surface area contributed by atoms with Gasteiger partial charge in [-0.1, -0.05) is 11.8 Å². The molecule has 1 N–H and O–H groups in total. The van der Waals surface area contributed by atoms with E-state index < -0.39 is 5.82 Å². The minimum atomic E-state index is -0.454. The number of thioether (sulfide) groups is 1. The van der Waals surface area contributed by atoms with Gasteiger partial charge in [0.2, 0.25) is 5.91 Å². The second-order valence-corrected chi connectivity index (χ2v) is 7.22. The molecule has 140 valence electrons. The highest BCUT2D eigenvalue weighted by Crippen LogP contribution is 2.21. The highest BCUT2D eigenvalue weighted by atomic mass is 32.2. The molecule has 2 aromatic heterocycles. The van der Waals surface area contributed by atoms with E-state index in [2.05, 4.69) is 20.4 Å². The van der Waals surface area contributed by atoms with Crippen molar-refractivity contribution in [2.24, 2.45) is 0 Å². The Morgan fingerprint density at radius 1 is 1.07 bits per heavy atom. The van der Waals surface area contributed by atoms with Crippen LogP contribution in [0.25, 0.3) is 5.69 Å². The molecule has 0 atom stereocenters. The van der Waals surface area contributed by atoms with Gasteiger partial charge in [0.05, 0.1) is 11.4 Å². The minimum absolute atomic E-state index is 0.143. The van der Waals surface area contributed by atoms with Gasteiger partial charge in [-0.15, -0.1) is 0 Å². The van der Waals surface area contributed by atoms with Crippen molar-refractivity contribution in [3.63, 3.8) is 0 Å². The third kappa shape index (κ3) is 4.71. The number of carbonyl (C=O) groups is 1. The van der Waals surface area contributed by atoms with E-state index >= 15 is 0 Å². The normalized spacial score (nSPS) is 10.9. The molecular weight excluding hydrogens is 365 g/mol. The lowest BCUT2D eigenvalue weighted by Gasteiger charge is -2.09. The van der Waals surface area contributed by atoms with E-state index in [0.29, 0.717) is 16.5 Å². The van der Waals surface area contributed by atoms with Gasteiger partial charge in [0.25, 0.3) is 0 Å². The van der Waals surface area contributed by atoms with Crippen LogP contribution in [0.3, 0.4) is 0 Å². The van der Waals surface area contributed by atoms with Gasteiger partial charge >= 0.3 is 0 Å². The fourth-order valence-corrected chi connectivity index (χ4v) is 3.46. The van der Waals surface area contributed by atoms with Gasteiger partial charge in [-0.3, -0.25) is 4.79 Å². The maximum atomic E-state index is 14.5. The maximum Gasteiger partial charge on any atom is 0.234 e. The zero-order chi connectivity index (χ0) is 19.6. The minimum Gasteiger partial charge on any atom is -0.325 e. The number of anilines is 1. The molecule has 27 heavy (non-hydrogen) atoms. The van der Waals surface area contributed by atoms with Crippen LogP contribution in [-0.4, -0.2) is 31.4 Å². The number of nitrogens with zero attached hydrogens (tertiary/aromatic N) is 4. The van der Waals surface area contributed by atoms with Gasteiger partial charge in [-0.2, -0.15) is 5.10 Å². The van der Waals surface area contributed by atoms with Crippen LogP contribution in [0.15, 0.2) is 35.5 Å². The van der Waals surface area contributed by atoms with Crippen LogP contribution in [0.4, 0.5) is 10.1 Å². The number of carbonyl (C=O) groups excluding carboxylic acids is 1. The van der Waals surface area contributed by atoms with E-state index in [0.717, 1.165) is 22.8 Å². The Hall–Kier alpha value is -2.74. The van der Waals surface area contributed by atoms with E-state index in [1.165, 1.54) is 17.8 Å². The molecule has 1 amide bonds. The van der Waals surface area contributed by atoms with Crippen molar-refractivity contribution < 1.29 is 9.18 Å². The molecule has 3 aromatic rings. The van der Waals surface area contributed by atoms with E-state index in [-0.39, 0.29) is 11.7 Å². The van der Waals surface area contributed by atoms with E-state index in [1.54, 1.807) is 16.8 Å². The first-order valence-corrected chi connectivity index (χ1v) is 9.38. The summed E-state index contributed by atoms with van der Waals surface area (Å²) in [6, 6.07) is 8.30. The standard InChI is InChI=1S/C19H20FN5OS/c1-11-7-12(2)22-19(21-11)27-10-18(26)23-15-5-6-17(16(20)9-15)25-14(4)8-13(3)24-25/h5-9H,10H2,1-4H3,(H,23,26). The van der Waals surface area contributed by atoms with E-state index in [9.17, 15) is 9.18 Å². The first-order chi connectivity index (χ1) is 12.8. The summed E-state index contributed by atoms with van der Waals surface area (Å²) in [6.07, 6.45) is 0. The van der Waals surface area contributed by atoms with Crippen molar-refractivity contribution in [1.82, 2.24) is 19.7 Å². The third-order valence-corrected chi connectivity index (χ3v) is 4.61. The van der Waals surface area contributed by atoms with Crippen molar-refractivity contribution in [3.8, 4) is 5.69 Å². The van der Waals surface area contributed by atoms with Crippen LogP contribution in [-0.2, 0) is 4.79 Å². The van der Waals surface area contributed by atoms with Crippen molar-refractivity contribution in [3.05, 3.63) is 58.9 Å². The average Bonchev–Trinajstić information content (AvgIpc) is 2.90. The zero-order valence-corrected chi connectivity index (χ0v) is 16.4. The SMILES string of the molecule is Cc1cc(C)nc(SCC(=O)Nc2ccc(-n3nc(C)cc3C)c(F)c2)n1. The topological polar surface area (TPSA) is 72.7 Å². The predicted molar refractivity (Wildman–Crippen MR) is 104 cm³/mol. The number of nitrogens with one attached hydrogen (secondary N) is 1. The molecule has 0 radical (unpaired) electrons. The molecule has 0 spiro atoms. The summed E-state index contributed by atoms with van der Waals surface area (Å²) in [6.45, 7) is 7.48. The molecule has 0 aliphatic rings. The van der Waals surface area contributed by atoms with Crippen molar-refractivity contribution in [2.45, 2.75) is 32.9 Å². The van der Waals surface area contributed by atoms with Gasteiger partial charge in [0.15, 0.2) is 11.0 Å². The molecule has 0 bridgehead atoms. The lowest BCUT2D eigenvalue weighted by atomic mass is 10.2. The number of amides is 1. The first kappa shape index (κ1) is 19.0. The number of aromatic nitrogens is 4. The fraction of sp³-hybridized carbons (Fsp3) is 0.263. The Morgan fingerprint density at radius 3 is 2.37 bits per heavy atom. The Labute approximate surface area is 161 Å². The highest BCUT2D eigenvalue weighted by Gasteiger charge is 2.12. The van der Waals surface area contributed by atoms with Gasteiger partial charge in [0, 0.05) is 22.8 Å². The molecule has 0 fully saturated rings. The summed E-state index contributed by atoms with van der Waals surface area (Å²) in [5.74, 6) is -0.561. The van der Waals surface area contributed by atoms with Gasteiger partial charge < -0.3 is 5.32 Å². The number of halogens is 1. The molecule has 0 saturated carbocycles. The summed E-state index contributed by atoms with van der Waals surface area (Å²) < 4.78 is 16.0. The first-order valence-electron chi connectivity index (χ1n) is 8.40. The van der Waals surface area contributed by atoms with Crippen molar-refractivity contribution in [1.29, 1.82) is 0 Å². The Morgan fingerprint density at radius 2 is 1.78 bits per heavy atom. The van der Waals surface area contributed by atoms with Gasteiger partial charge in [0.1, 0.15) is 5.69 Å². The van der Waals surface area contributed by atoms with E-state index in [1.807, 2.05) is 39.8 Å². The van der Waals surface area contributed by atoms with Crippen molar-refractivity contribution >= 4 is 23.4 Å². The molecule has 0 aliphatic heterocycles. The third-order valence-electron chi connectivity index (χ3n) is 3.76. The van der Waals surface area contributed by atoms with Gasteiger partial charge in [-0.25, -0.2) is 19.0 Å². The lowest BCUT2D eigenvalue weighted by molar-refractivity contribution is -0.113. The highest BCUT2D eigenvalue weighted by molar-refractivity contribution is 7.99. The maximum absolute atomic E-state index is 14.5. The molecule has 2 heterocycles. The fourth-order valence-electron chi connectivity index (χ4n) is 2.71.